The summed E-state index contributed by atoms with van der Waals surface area (Å²) < 4.78 is 0. The normalized spacial score (nSPS) is 11.0. The van der Waals surface area contributed by atoms with Gasteiger partial charge in [-0.05, 0) is 61.4 Å². The number of pyridine rings is 2. The number of anilines is 3. The third-order valence-electron chi connectivity index (χ3n) is 4.71. The van der Waals surface area contributed by atoms with Crippen LogP contribution >= 0.6 is 11.8 Å². The van der Waals surface area contributed by atoms with Crippen molar-refractivity contribution in [1.82, 2.24) is 9.97 Å². The van der Waals surface area contributed by atoms with Gasteiger partial charge in [0.2, 0.25) is 0 Å². The number of aromatic nitrogens is 2. The van der Waals surface area contributed by atoms with E-state index in [0.717, 1.165) is 56.4 Å². The Kier molecular flexibility index (Phi) is 5.67. The van der Waals surface area contributed by atoms with Gasteiger partial charge in [0, 0.05) is 32.8 Å². The number of nitrogen functional groups attached to an aromatic ring is 1. The molecule has 0 atom stereocenters. The molecule has 0 aliphatic carbocycles. The van der Waals surface area contributed by atoms with E-state index in [2.05, 4.69) is 54.5 Å². The summed E-state index contributed by atoms with van der Waals surface area (Å²) in [5, 5.41) is 4.62. The van der Waals surface area contributed by atoms with Crippen molar-refractivity contribution >= 4 is 39.9 Å². The number of para-hydroxylation sites is 1. The predicted octanol–water partition coefficient (Wildman–Crippen LogP) is 6.37. The summed E-state index contributed by atoms with van der Waals surface area (Å²) in [5.41, 5.74) is 12.0. The molecule has 0 aliphatic heterocycles. The van der Waals surface area contributed by atoms with Crippen LogP contribution in [0, 0.1) is 6.92 Å². The van der Waals surface area contributed by atoms with Crippen LogP contribution in [-0.4, -0.2) is 9.97 Å². The maximum atomic E-state index is 6.16. The molecule has 0 saturated heterocycles. The number of nitrogens with one attached hydrogen (secondary N) is 1. The zero-order chi connectivity index (χ0) is 20.2. The second kappa shape index (κ2) is 8.53. The van der Waals surface area contributed by atoms with Crippen molar-refractivity contribution in [2.45, 2.75) is 36.5 Å². The van der Waals surface area contributed by atoms with Crippen LogP contribution in [-0.2, 0) is 6.42 Å². The lowest BCUT2D eigenvalue weighted by Crippen LogP contribution is -1.98. The van der Waals surface area contributed by atoms with Crippen LogP contribution in [0.1, 0.15) is 24.6 Å². The molecule has 4 rings (SSSR count). The summed E-state index contributed by atoms with van der Waals surface area (Å²) in [6.45, 7) is 4.26. The first kappa shape index (κ1) is 19.3. The van der Waals surface area contributed by atoms with E-state index in [9.17, 15) is 0 Å². The van der Waals surface area contributed by atoms with Crippen molar-refractivity contribution in [3.8, 4) is 0 Å². The molecular weight excluding hydrogens is 376 g/mol. The van der Waals surface area contributed by atoms with E-state index >= 15 is 0 Å². The van der Waals surface area contributed by atoms with Crippen LogP contribution in [0.5, 0.6) is 0 Å². The fraction of sp³-hybridized carbons (Fsp3) is 0.167. The van der Waals surface area contributed by atoms with Gasteiger partial charge in [-0.2, -0.15) is 0 Å². The topological polar surface area (TPSA) is 63.8 Å². The first-order chi connectivity index (χ1) is 14.1. The van der Waals surface area contributed by atoms with Crippen molar-refractivity contribution in [2.75, 3.05) is 11.1 Å². The van der Waals surface area contributed by atoms with E-state index in [-0.39, 0.29) is 0 Å². The molecular formula is C24H24N4S. The molecule has 4 aromatic rings. The predicted molar refractivity (Wildman–Crippen MR) is 123 cm³/mol. The van der Waals surface area contributed by atoms with Crippen LogP contribution in [0.3, 0.4) is 0 Å². The van der Waals surface area contributed by atoms with Crippen LogP contribution < -0.4 is 11.1 Å². The molecule has 4 nitrogen and oxygen atoms in total. The van der Waals surface area contributed by atoms with Gasteiger partial charge >= 0.3 is 0 Å². The lowest BCUT2D eigenvalue weighted by atomic mass is 10.1. The number of fused-ring (bicyclic) bond motifs is 1. The summed E-state index contributed by atoms with van der Waals surface area (Å²) in [6, 6.07) is 20.6. The SMILES string of the molecule is CCCc1ccc2c(Nc3cc(C)ccc3Sc3ccccc3N)ccnc2n1. The van der Waals surface area contributed by atoms with Gasteiger partial charge in [-0.3, -0.25) is 0 Å². The Balaban J connectivity index is 1.71. The fourth-order valence-electron chi connectivity index (χ4n) is 3.24. The molecule has 0 saturated carbocycles. The zero-order valence-electron chi connectivity index (χ0n) is 16.6. The molecule has 2 aromatic heterocycles. The third kappa shape index (κ3) is 4.35. The fourth-order valence-corrected chi connectivity index (χ4v) is 4.17. The van der Waals surface area contributed by atoms with Crippen LogP contribution in [0.15, 0.2) is 76.7 Å². The Labute approximate surface area is 175 Å². The van der Waals surface area contributed by atoms with E-state index in [1.54, 1.807) is 11.8 Å². The zero-order valence-corrected chi connectivity index (χ0v) is 17.5. The summed E-state index contributed by atoms with van der Waals surface area (Å²) in [5.74, 6) is 0. The summed E-state index contributed by atoms with van der Waals surface area (Å²) in [4.78, 5) is 11.4. The second-order valence-electron chi connectivity index (χ2n) is 7.05. The highest BCUT2D eigenvalue weighted by Crippen LogP contribution is 2.38. The van der Waals surface area contributed by atoms with Gasteiger partial charge in [0.1, 0.15) is 0 Å². The molecule has 0 unspecified atom stereocenters. The molecule has 0 amide bonds. The molecule has 0 bridgehead atoms. The van der Waals surface area contributed by atoms with Gasteiger partial charge in [0.05, 0.1) is 11.4 Å². The molecule has 0 radical (unpaired) electrons. The van der Waals surface area contributed by atoms with Crippen LogP contribution in [0.2, 0.25) is 0 Å². The average Bonchev–Trinajstić information content (AvgIpc) is 2.72. The quantitative estimate of drug-likeness (QED) is 0.368. The molecule has 5 heteroatoms. The highest BCUT2D eigenvalue weighted by atomic mass is 32.2. The number of nitrogens with two attached hydrogens (primary N) is 1. The highest BCUT2D eigenvalue weighted by molar-refractivity contribution is 7.99. The molecule has 0 spiro atoms. The van der Waals surface area contributed by atoms with E-state index in [1.807, 2.05) is 36.5 Å². The number of benzene rings is 2. The molecule has 2 aromatic carbocycles. The largest absolute Gasteiger partial charge is 0.398 e. The van der Waals surface area contributed by atoms with Gasteiger partial charge in [-0.15, -0.1) is 0 Å². The Morgan fingerprint density at radius 3 is 2.66 bits per heavy atom. The molecule has 146 valence electrons. The van der Waals surface area contributed by atoms with Crippen molar-refractivity contribution in [2.24, 2.45) is 0 Å². The Morgan fingerprint density at radius 2 is 1.83 bits per heavy atom. The molecule has 3 N–H and O–H groups in total. The number of hydrogen-bond donors (Lipinski definition) is 2. The standard InChI is InChI=1S/C24H24N4S/c1-3-6-17-10-11-18-20(13-14-26-24(18)27-17)28-21-15-16(2)9-12-23(21)29-22-8-5-4-7-19(22)25/h4-5,7-15H,3,6,25H2,1-2H3,(H,26,27,28). The number of aryl methyl sites for hydroxylation is 2. The Morgan fingerprint density at radius 1 is 0.966 bits per heavy atom. The minimum absolute atomic E-state index is 0.773. The van der Waals surface area contributed by atoms with Crippen molar-refractivity contribution < 1.29 is 0 Å². The van der Waals surface area contributed by atoms with Crippen molar-refractivity contribution in [3.63, 3.8) is 0 Å². The maximum absolute atomic E-state index is 6.16. The molecule has 0 aliphatic rings. The molecule has 0 fully saturated rings. The summed E-state index contributed by atoms with van der Waals surface area (Å²) >= 11 is 1.66. The second-order valence-corrected chi connectivity index (χ2v) is 8.13. The average molecular weight is 401 g/mol. The van der Waals surface area contributed by atoms with E-state index in [4.69, 9.17) is 10.7 Å². The van der Waals surface area contributed by atoms with Gasteiger partial charge < -0.3 is 11.1 Å². The lowest BCUT2D eigenvalue weighted by Gasteiger charge is -2.15. The third-order valence-corrected chi connectivity index (χ3v) is 5.88. The van der Waals surface area contributed by atoms with E-state index < -0.39 is 0 Å². The number of rotatable bonds is 6. The Hall–Kier alpha value is -3.05. The minimum Gasteiger partial charge on any atom is -0.398 e. The molecule has 29 heavy (non-hydrogen) atoms. The van der Waals surface area contributed by atoms with E-state index in [0.29, 0.717) is 0 Å². The monoisotopic (exact) mass is 400 g/mol. The minimum atomic E-state index is 0.773. The lowest BCUT2D eigenvalue weighted by molar-refractivity contribution is 0.887. The van der Waals surface area contributed by atoms with Crippen molar-refractivity contribution in [3.05, 3.63) is 78.1 Å². The number of nitrogens with zero attached hydrogens (tertiary/aromatic N) is 2. The smallest absolute Gasteiger partial charge is 0.161 e. The summed E-state index contributed by atoms with van der Waals surface area (Å²) in [7, 11) is 0. The van der Waals surface area contributed by atoms with E-state index in [1.165, 1.54) is 5.56 Å². The van der Waals surface area contributed by atoms with Crippen LogP contribution in [0.25, 0.3) is 11.0 Å². The highest BCUT2D eigenvalue weighted by Gasteiger charge is 2.10. The van der Waals surface area contributed by atoms with Gasteiger partial charge in [0.15, 0.2) is 5.65 Å². The number of hydrogen-bond acceptors (Lipinski definition) is 5. The van der Waals surface area contributed by atoms with Crippen molar-refractivity contribution in [1.29, 1.82) is 0 Å². The molecule has 2 heterocycles. The Bertz CT molecular complexity index is 1160. The first-order valence-electron chi connectivity index (χ1n) is 9.78. The maximum Gasteiger partial charge on any atom is 0.161 e. The summed E-state index contributed by atoms with van der Waals surface area (Å²) in [6.07, 6.45) is 3.85. The van der Waals surface area contributed by atoms with Crippen LogP contribution in [0.4, 0.5) is 17.1 Å². The van der Waals surface area contributed by atoms with Gasteiger partial charge in [0.25, 0.3) is 0 Å². The van der Waals surface area contributed by atoms with Gasteiger partial charge in [-0.25, -0.2) is 9.97 Å². The first-order valence-corrected chi connectivity index (χ1v) is 10.6. The van der Waals surface area contributed by atoms with Gasteiger partial charge in [-0.1, -0.05) is 43.3 Å².